The minimum absolute atomic E-state index is 0.310. The van der Waals surface area contributed by atoms with E-state index in [1.165, 1.54) is 0 Å². The van der Waals surface area contributed by atoms with Gasteiger partial charge in [-0.1, -0.05) is 0 Å². The minimum atomic E-state index is -0.310. The Morgan fingerprint density at radius 3 is 2.86 bits per heavy atom. The third kappa shape index (κ3) is 1.46. The maximum absolute atomic E-state index is 10.9. The fourth-order valence-corrected chi connectivity index (χ4v) is 1.32. The van der Waals surface area contributed by atoms with Gasteiger partial charge < -0.3 is 9.88 Å². The lowest BCUT2D eigenvalue weighted by atomic mass is 10.2. The van der Waals surface area contributed by atoms with Gasteiger partial charge in [-0.25, -0.2) is 9.78 Å². The quantitative estimate of drug-likeness (QED) is 0.727. The van der Waals surface area contributed by atoms with Gasteiger partial charge in [0.15, 0.2) is 0 Å². The van der Waals surface area contributed by atoms with Gasteiger partial charge >= 0.3 is 5.69 Å². The van der Waals surface area contributed by atoms with Crippen molar-refractivity contribution >= 4 is 16.6 Å². The Morgan fingerprint density at radius 2 is 2.14 bits per heavy atom. The first-order valence-electron chi connectivity index (χ1n) is 4.33. The van der Waals surface area contributed by atoms with Crippen LogP contribution in [0.1, 0.15) is 0 Å². The van der Waals surface area contributed by atoms with Gasteiger partial charge in [0.1, 0.15) is 0 Å². The van der Waals surface area contributed by atoms with Gasteiger partial charge in [0.2, 0.25) is 0 Å². The summed E-state index contributed by atoms with van der Waals surface area (Å²) in [4.78, 5) is 19.3. The second-order valence-corrected chi connectivity index (χ2v) is 3.35. The van der Waals surface area contributed by atoms with E-state index < -0.39 is 0 Å². The molecule has 2 rings (SSSR count). The van der Waals surface area contributed by atoms with Crippen molar-refractivity contribution in [3.8, 4) is 0 Å². The van der Waals surface area contributed by atoms with Crippen LogP contribution >= 0.6 is 0 Å². The molecule has 0 fully saturated rings. The maximum atomic E-state index is 10.9. The van der Waals surface area contributed by atoms with Crippen LogP contribution in [0.3, 0.4) is 0 Å². The van der Waals surface area contributed by atoms with Crippen molar-refractivity contribution in [2.75, 3.05) is 19.0 Å². The van der Waals surface area contributed by atoms with E-state index in [0.29, 0.717) is 0 Å². The Kier molecular flexibility index (Phi) is 1.96. The number of hydrogen-bond acceptors (Lipinski definition) is 3. The predicted octanol–water partition coefficient (Wildman–Crippen LogP) is 0.989. The number of rotatable bonds is 1. The molecule has 0 atom stereocenters. The zero-order chi connectivity index (χ0) is 10.1. The molecule has 0 saturated heterocycles. The number of aromatic amines is 1. The van der Waals surface area contributed by atoms with E-state index in [1.54, 1.807) is 6.20 Å². The smallest absolute Gasteiger partial charge is 0.345 e. The predicted molar refractivity (Wildman–Crippen MR) is 56.7 cm³/mol. The largest absolute Gasteiger partial charge is 0.378 e. The topological polar surface area (TPSA) is 49.0 Å². The summed E-state index contributed by atoms with van der Waals surface area (Å²) in [6, 6.07) is 5.82. The molecule has 0 spiro atoms. The summed E-state index contributed by atoms with van der Waals surface area (Å²) in [5.41, 5.74) is 1.59. The van der Waals surface area contributed by atoms with E-state index in [-0.39, 0.29) is 5.69 Å². The monoisotopic (exact) mass is 189 g/mol. The first-order valence-corrected chi connectivity index (χ1v) is 4.33. The highest BCUT2D eigenvalue weighted by Crippen LogP contribution is 2.17. The molecule has 0 aliphatic heterocycles. The fourth-order valence-electron chi connectivity index (χ4n) is 1.32. The van der Waals surface area contributed by atoms with Crippen molar-refractivity contribution in [2.24, 2.45) is 0 Å². The molecular weight excluding hydrogens is 178 g/mol. The molecule has 0 bridgehead atoms. The molecule has 1 aromatic heterocycles. The van der Waals surface area contributed by atoms with Gasteiger partial charge in [-0.3, -0.25) is 0 Å². The number of H-pyrrole nitrogens is 1. The first-order chi connectivity index (χ1) is 6.66. The van der Waals surface area contributed by atoms with Crippen molar-refractivity contribution in [1.82, 2.24) is 9.97 Å². The van der Waals surface area contributed by atoms with E-state index >= 15 is 0 Å². The highest BCUT2D eigenvalue weighted by Gasteiger charge is 1.98. The summed E-state index contributed by atoms with van der Waals surface area (Å²) in [5, 5.41) is 0.941. The van der Waals surface area contributed by atoms with Crippen LogP contribution in [0, 0.1) is 0 Å². The van der Waals surface area contributed by atoms with Crippen LogP contribution < -0.4 is 10.6 Å². The van der Waals surface area contributed by atoms with Gasteiger partial charge in [-0.15, -0.1) is 0 Å². The molecule has 0 unspecified atom stereocenters. The van der Waals surface area contributed by atoms with Crippen molar-refractivity contribution < 1.29 is 0 Å². The summed E-state index contributed by atoms with van der Waals surface area (Å²) in [6.45, 7) is 0. The number of anilines is 1. The van der Waals surface area contributed by atoms with Crippen LogP contribution in [0.15, 0.2) is 29.2 Å². The lowest BCUT2D eigenvalue weighted by molar-refractivity contribution is 1.11. The Bertz CT molecular complexity index is 516. The van der Waals surface area contributed by atoms with Crippen LogP contribution in [0.2, 0.25) is 0 Å². The maximum Gasteiger partial charge on any atom is 0.345 e. The van der Waals surface area contributed by atoms with E-state index in [2.05, 4.69) is 9.97 Å². The molecule has 1 N–H and O–H groups in total. The van der Waals surface area contributed by atoms with E-state index in [1.807, 2.05) is 37.2 Å². The van der Waals surface area contributed by atoms with Gasteiger partial charge in [-0.05, 0) is 18.2 Å². The molecule has 0 saturated carbocycles. The second kappa shape index (κ2) is 3.14. The third-order valence-electron chi connectivity index (χ3n) is 2.11. The zero-order valence-electron chi connectivity index (χ0n) is 8.11. The summed E-state index contributed by atoms with van der Waals surface area (Å²) >= 11 is 0. The van der Waals surface area contributed by atoms with Crippen molar-refractivity contribution in [1.29, 1.82) is 0 Å². The number of aromatic nitrogens is 2. The zero-order valence-corrected chi connectivity index (χ0v) is 8.11. The van der Waals surface area contributed by atoms with E-state index in [0.717, 1.165) is 16.6 Å². The Labute approximate surface area is 81.2 Å². The molecular formula is C10H11N3O. The molecule has 0 aliphatic rings. The second-order valence-electron chi connectivity index (χ2n) is 3.35. The SMILES string of the molecule is CN(C)c1ccc2[nH]c(=O)ncc2c1. The summed E-state index contributed by atoms with van der Waals surface area (Å²) in [6.07, 6.45) is 1.58. The summed E-state index contributed by atoms with van der Waals surface area (Å²) in [5.74, 6) is 0. The number of benzene rings is 1. The third-order valence-corrected chi connectivity index (χ3v) is 2.11. The highest BCUT2D eigenvalue weighted by molar-refractivity contribution is 5.81. The normalized spacial score (nSPS) is 10.4. The first kappa shape index (κ1) is 8.74. The lowest BCUT2D eigenvalue weighted by Gasteiger charge is -2.12. The molecule has 1 aromatic carbocycles. The summed E-state index contributed by atoms with van der Waals surface area (Å²) < 4.78 is 0. The van der Waals surface area contributed by atoms with Crippen LogP contribution in [-0.4, -0.2) is 24.1 Å². The lowest BCUT2D eigenvalue weighted by Crippen LogP contribution is -2.10. The van der Waals surface area contributed by atoms with E-state index in [4.69, 9.17) is 0 Å². The highest BCUT2D eigenvalue weighted by atomic mass is 16.1. The molecule has 4 nitrogen and oxygen atoms in total. The van der Waals surface area contributed by atoms with E-state index in [9.17, 15) is 4.79 Å². The standard InChI is InChI=1S/C10H11N3O/c1-13(2)8-3-4-9-7(5-8)6-11-10(14)12-9/h3-6H,1-2H3,(H,11,12,14). The average Bonchev–Trinajstić information content (AvgIpc) is 2.16. The van der Waals surface area contributed by atoms with Gasteiger partial charge in [-0.2, -0.15) is 0 Å². The molecule has 1 heterocycles. The number of nitrogens with one attached hydrogen (secondary N) is 1. The minimum Gasteiger partial charge on any atom is -0.378 e. The van der Waals surface area contributed by atoms with Crippen molar-refractivity contribution in [2.45, 2.75) is 0 Å². The molecule has 0 aliphatic carbocycles. The summed E-state index contributed by atoms with van der Waals surface area (Å²) in [7, 11) is 3.94. The number of nitrogens with zero attached hydrogens (tertiary/aromatic N) is 2. The Hall–Kier alpha value is -1.84. The van der Waals surface area contributed by atoms with Crippen LogP contribution in [0.25, 0.3) is 10.9 Å². The van der Waals surface area contributed by atoms with Gasteiger partial charge in [0.25, 0.3) is 0 Å². The molecule has 14 heavy (non-hydrogen) atoms. The Balaban J connectivity index is 2.67. The molecule has 72 valence electrons. The van der Waals surface area contributed by atoms with Crippen molar-refractivity contribution in [3.05, 3.63) is 34.9 Å². The number of hydrogen-bond donors (Lipinski definition) is 1. The van der Waals surface area contributed by atoms with Crippen LogP contribution in [-0.2, 0) is 0 Å². The van der Waals surface area contributed by atoms with Crippen LogP contribution in [0.4, 0.5) is 5.69 Å². The van der Waals surface area contributed by atoms with Crippen molar-refractivity contribution in [3.63, 3.8) is 0 Å². The van der Waals surface area contributed by atoms with Gasteiger partial charge in [0, 0.05) is 31.4 Å². The van der Waals surface area contributed by atoms with Gasteiger partial charge in [0.05, 0.1) is 5.52 Å². The molecule has 0 radical (unpaired) electrons. The molecule has 0 amide bonds. The Morgan fingerprint density at radius 1 is 1.36 bits per heavy atom. The number of fused-ring (bicyclic) bond motifs is 1. The molecule has 2 aromatic rings. The average molecular weight is 189 g/mol. The van der Waals surface area contributed by atoms with Crippen LogP contribution in [0.5, 0.6) is 0 Å². The molecule has 4 heteroatoms. The fraction of sp³-hybridized carbons (Fsp3) is 0.200.